The first kappa shape index (κ1) is 11.3. The number of nitrogens with zero attached hydrogens (tertiary/aromatic N) is 2. The second-order valence-corrected chi connectivity index (χ2v) is 5.56. The van der Waals surface area contributed by atoms with Crippen LogP contribution in [-0.2, 0) is 0 Å². The largest absolute Gasteiger partial charge is 0.477 e. The van der Waals surface area contributed by atoms with Crippen molar-refractivity contribution in [2.24, 2.45) is 0 Å². The fourth-order valence-electron chi connectivity index (χ4n) is 2.27. The first-order chi connectivity index (χ1) is 9.70. The van der Waals surface area contributed by atoms with Gasteiger partial charge in [0.25, 0.3) is 0 Å². The van der Waals surface area contributed by atoms with Crippen LogP contribution in [0.2, 0.25) is 0 Å². The van der Waals surface area contributed by atoms with Gasteiger partial charge in [-0.15, -0.1) is 11.3 Å². The maximum Gasteiger partial charge on any atom is 0.345 e. The number of pyridine rings is 2. The average molecular weight is 280 g/mol. The molecule has 1 N–H and O–H groups in total. The van der Waals surface area contributed by atoms with E-state index in [4.69, 9.17) is 5.11 Å². The van der Waals surface area contributed by atoms with Gasteiger partial charge in [-0.1, -0.05) is 18.2 Å². The Morgan fingerprint density at radius 2 is 1.80 bits per heavy atom. The average Bonchev–Trinajstić information content (AvgIpc) is 2.85. The summed E-state index contributed by atoms with van der Waals surface area (Å²) in [5, 5.41) is 11.9. The number of carbonyl (C=O) groups is 1. The molecule has 3 heterocycles. The van der Waals surface area contributed by atoms with Gasteiger partial charge in [0, 0.05) is 16.2 Å². The Labute approximate surface area is 117 Å². The van der Waals surface area contributed by atoms with Gasteiger partial charge < -0.3 is 5.11 Å². The van der Waals surface area contributed by atoms with E-state index in [1.807, 2.05) is 36.4 Å². The van der Waals surface area contributed by atoms with E-state index in [2.05, 4.69) is 9.97 Å². The second kappa shape index (κ2) is 3.98. The Bertz CT molecular complexity index is 919. The van der Waals surface area contributed by atoms with E-state index in [9.17, 15) is 4.79 Å². The molecule has 0 fully saturated rings. The van der Waals surface area contributed by atoms with Gasteiger partial charge in [0.1, 0.15) is 9.71 Å². The zero-order valence-electron chi connectivity index (χ0n) is 10.2. The van der Waals surface area contributed by atoms with Crippen molar-refractivity contribution in [1.29, 1.82) is 0 Å². The molecule has 0 aliphatic carbocycles. The van der Waals surface area contributed by atoms with Crippen molar-refractivity contribution >= 4 is 49.5 Å². The Morgan fingerprint density at radius 1 is 1.00 bits per heavy atom. The van der Waals surface area contributed by atoms with Crippen LogP contribution in [0, 0.1) is 0 Å². The molecular weight excluding hydrogens is 272 g/mol. The number of thiophene rings is 1. The fraction of sp³-hybridized carbons (Fsp3) is 0. The molecular formula is C15H8N2O2S. The Balaban J connectivity index is 2.09. The monoisotopic (exact) mass is 280 g/mol. The number of fused-ring (bicyclic) bond motifs is 3. The molecule has 0 bridgehead atoms. The van der Waals surface area contributed by atoms with Gasteiger partial charge in [-0.05, 0) is 24.3 Å². The highest BCUT2D eigenvalue weighted by molar-refractivity contribution is 7.20. The summed E-state index contributed by atoms with van der Waals surface area (Å²) in [6.45, 7) is 0. The minimum atomic E-state index is -0.921. The van der Waals surface area contributed by atoms with Crippen LogP contribution >= 0.6 is 11.3 Å². The zero-order valence-corrected chi connectivity index (χ0v) is 11.0. The van der Waals surface area contributed by atoms with E-state index in [0.29, 0.717) is 15.4 Å². The van der Waals surface area contributed by atoms with Crippen LogP contribution in [0.1, 0.15) is 9.67 Å². The molecule has 0 spiro atoms. The number of rotatable bonds is 1. The zero-order chi connectivity index (χ0) is 13.7. The lowest BCUT2D eigenvalue weighted by Crippen LogP contribution is -1.89. The van der Waals surface area contributed by atoms with Gasteiger partial charge in [-0.2, -0.15) is 0 Å². The number of aromatic nitrogens is 2. The van der Waals surface area contributed by atoms with E-state index in [1.165, 1.54) is 11.3 Å². The van der Waals surface area contributed by atoms with Crippen molar-refractivity contribution in [1.82, 2.24) is 9.97 Å². The van der Waals surface area contributed by atoms with Gasteiger partial charge >= 0.3 is 5.97 Å². The third-order valence-corrected chi connectivity index (χ3v) is 4.23. The molecule has 0 saturated heterocycles. The van der Waals surface area contributed by atoms with Crippen molar-refractivity contribution in [3.05, 3.63) is 47.3 Å². The molecule has 96 valence electrons. The van der Waals surface area contributed by atoms with Crippen LogP contribution in [0.25, 0.3) is 32.2 Å². The van der Waals surface area contributed by atoms with Crippen molar-refractivity contribution in [3.8, 4) is 0 Å². The summed E-state index contributed by atoms with van der Waals surface area (Å²) in [4.78, 5) is 21.0. The minimum Gasteiger partial charge on any atom is -0.477 e. The summed E-state index contributed by atoms with van der Waals surface area (Å²) < 4.78 is 0. The van der Waals surface area contributed by atoms with Crippen LogP contribution in [-0.4, -0.2) is 21.0 Å². The van der Waals surface area contributed by atoms with Crippen LogP contribution in [0.15, 0.2) is 42.5 Å². The normalized spacial score (nSPS) is 11.4. The Morgan fingerprint density at radius 3 is 2.65 bits per heavy atom. The molecule has 4 aromatic rings. The summed E-state index contributed by atoms with van der Waals surface area (Å²) >= 11 is 1.17. The molecule has 0 atom stereocenters. The van der Waals surface area contributed by atoms with E-state index >= 15 is 0 Å². The second-order valence-electron chi connectivity index (χ2n) is 4.53. The van der Waals surface area contributed by atoms with E-state index < -0.39 is 5.97 Å². The molecule has 0 aliphatic rings. The van der Waals surface area contributed by atoms with Gasteiger partial charge in [0.05, 0.1) is 5.52 Å². The molecule has 0 radical (unpaired) electrons. The third kappa shape index (κ3) is 1.64. The lowest BCUT2D eigenvalue weighted by molar-refractivity contribution is 0.0702. The topological polar surface area (TPSA) is 63.1 Å². The number of carboxylic acids is 1. The molecule has 20 heavy (non-hydrogen) atoms. The van der Waals surface area contributed by atoms with Crippen molar-refractivity contribution in [2.75, 3.05) is 0 Å². The summed E-state index contributed by atoms with van der Waals surface area (Å²) in [7, 11) is 0. The number of aromatic carboxylic acids is 1. The maximum atomic E-state index is 11.0. The number of hydrogen-bond acceptors (Lipinski definition) is 4. The molecule has 0 saturated carbocycles. The predicted octanol–water partition coefficient (Wildman–Crippen LogP) is 3.70. The first-order valence-corrected chi connectivity index (χ1v) is 6.86. The smallest absolute Gasteiger partial charge is 0.345 e. The van der Waals surface area contributed by atoms with Crippen LogP contribution < -0.4 is 0 Å². The van der Waals surface area contributed by atoms with Gasteiger partial charge in [0.15, 0.2) is 5.65 Å². The predicted molar refractivity (Wildman–Crippen MR) is 79.4 cm³/mol. The third-order valence-electron chi connectivity index (χ3n) is 3.20. The van der Waals surface area contributed by atoms with E-state index in [1.54, 1.807) is 6.07 Å². The van der Waals surface area contributed by atoms with E-state index in [-0.39, 0.29) is 0 Å². The molecule has 0 unspecified atom stereocenters. The number of para-hydroxylation sites is 1. The Kier molecular flexibility index (Phi) is 2.25. The number of carboxylic acid groups (broad SMARTS) is 1. The summed E-state index contributed by atoms with van der Waals surface area (Å²) in [5.74, 6) is -0.921. The van der Waals surface area contributed by atoms with Crippen LogP contribution in [0.4, 0.5) is 0 Å². The SMILES string of the molecule is O=C(O)c1cc2cc3cc4ccccc4nc3nc2s1. The summed E-state index contributed by atoms with van der Waals surface area (Å²) in [6.07, 6.45) is 0. The first-order valence-electron chi connectivity index (χ1n) is 6.04. The van der Waals surface area contributed by atoms with Crippen LogP contribution in [0.3, 0.4) is 0 Å². The van der Waals surface area contributed by atoms with Gasteiger partial charge in [0.2, 0.25) is 0 Å². The Hall–Kier alpha value is -2.53. The lowest BCUT2D eigenvalue weighted by atomic mass is 10.1. The van der Waals surface area contributed by atoms with Crippen LogP contribution in [0.5, 0.6) is 0 Å². The standard InChI is InChI=1S/C15H8N2O2S/c18-15(19)12-7-10-6-9-5-8-3-1-2-4-11(8)16-13(9)17-14(10)20-12/h1-7H,(H,18,19). The molecule has 0 aliphatic heterocycles. The molecule has 3 aromatic heterocycles. The van der Waals surface area contributed by atoms with Crippen molar-refractivity contribution in [3.63, 3.8) is 0 Å². The highest BCUT2D eigenvalue weighted by Gasteiger charge is 2.11. The minimum absolute atomic E-state index is 0.298. The van der Waals surface area contributed by atoms with E-state index in [0.717, 1.165) is 21.7 Å². The quantitative estimate of drug-likeness (QED) is 0.540. The van der Waals surface area contributed by atoms with Crippen molar-refractivity contribution < 1.29 is 9.90 Å². The molecule has 0 amide bonds. The lowest BCUT2D eigenvalue weighted by Gasteiger charge is -2.00. The molecule has 4 rings (SSSR count). The highest BCUT2D eigenvalue weighted by Crippen LogP contribution is 2.28. The number of hydrogen-bond donors (Lipinski definition) is 1. The summed E-state index contributed by atoms with van der Waals surface area (Å²) in [6, 6.07) is 13.5. The molecule has 5 heteroatoms. The molecule has 4 nitrogen and oxygen atoms in total. The highest BCUT2D eigenvalue weighted by atomic mass is 32.1. The maximum absolute atomic E-state index is 11.0. The fourth-order valence-corrected chi connectivity index (χ4v) is 3.12. The van der Waals surface area contributed by atoms with Crippen molar-refractivity contribution in [2.45, 2.75) is 0 Å². The number of benzene rings is 1. The van der Waals surface area contributed by atoms with Gasteiger partial charge in [-0.25, -0.2) is 14.8 Å². The summed E-state index contributed by atoms with van der Waals surface area (Å²) in [5.41, 5.74) is 1.54. The molecule has 1 aromatic carbocycles. The van der Waals surface area contributed by atoms with Gasteiger partial charge in [-0.3, -0.25) is 0 Å².